The van der Waals surface area contributed by atoms with E-state index in [1.807, 2.05) is 36.4 Å². The van der Waals surface area contributed by atoms with Crippen molar-refractivity contribution >= 4 is 15.9 Å². The van der Waals surface area contributed by atoms with E-state index in [9.17, 15) is 0 Å². The van der Waals surface area contributed by atoms with Crippen LogP contribution in [0, 0.1) is 0 Å². The summed E-state index contributed by atoms with van der Waals surface area (Å²) in [6.45, 7) is 0. The van der Waals surface area contributed by atoms with Gasteiger partial charge in [-0.05, 0) is 52.3 Å². The summed E-state index contributed by atoms with van der Waals surface area (Å²) < 4.78 is 6.10. The van der Waals surface area contributed by atoms with E-state index >= 15 is 0 Å². The minimum Gasteiger partial charge on any atom is -0.497 e. The molecule has 0 N–H and O–H groups in total. The van der Waals surface area contributed by atoms with Crippen LogP contribution >= 0.6 is 15.9 Å². The quantitative estimate of drug-likeness (QED) is 0.827. The van der Waals surface area contributed by atoms with E-state index in [-0.39, 0.29) is 0 Å². The molecule has 0 aliphatic heterocycles. The average Bonchev–Trinajstić information content (AvgIpc) is 2.30. The van der Waals surface area contributed by atoms with Gasteiger partial charge in [-0.2, -0.15) is 0 Å². The van der Waals surface area contributed by atoms with E-state index in [1.54, 1.807) is 13.3 Å². The number of pyridine rings is 1. The molecule has 2 aromatic rings. The van der Waals surface area contributed by atoms with Gasteiger partial charge in [-0.25, -0.2) is 0 Å². The summed E-state index contributed by atoms with van der Waals surface area (Å²) in [6.07, 6.45) is 1.78. The van der Waals surface area contributed by atoms with Gasteiger partial charge in [0.05, 0.1) is 12.8 Å². The molecule has 3 heteroatoms. The van der Waals surface area contributed by atoms with Crippen LogP contribution in [0.25, 0.3) is 11.3 Å². The Labute approximate surface area is 97.1 Å². The van der Waals surface area contributed by atoms with Crippen molar-refractivity contribution in [3.05, 3.63) is 47.1 Å². The molecule has 0 spiro atoms. The first kappa shape index (κ1) is 10.2. The molecule has 0 saturated carbocycles. The fourth-order valence-corrected chi connectivity index (χ4v) is 1.83. The van der Waals surface area contributed by atoms with Crippen LogP contribution in [0.4, 0.5) is 0 Å². The van der Waals surface area contributed by atoms with Gasteiger partial charge in [0, 0.05) is 16.2 Å². The number of hydrogen-bond donors (Lipinski definition) is 0. The van der Waals surface area contributed by atoms with Gasteiger partial charge in [0.1, 0.15) is 5.75 Å². The highest BCUT2D eigenvalue weighted by molar-refractivity contribution is 9.10. The van der Waals surface area contributed by atoms with E-state index in [0.717, 1.165) is 21.5 Å². The fourth-order valence-electron chi connectivity index (χ4n) is 1.35. The third-order valence-corrected chi connectivity index (χ3v) is 2.76. The molecular formula is C12H10BrNO. The third-order valence-electron chi connectivity index (χ3n) is 2.12. The van der Waals surface area contributed by atoms with E-state index in [4.69, 9.17) is 4.74 Å². The number of ether oxygens (including phenoxy) is 1. The normalized spacial score (nSPS) is 10.0. The van der Waals surface area contributed by atoms with Crippen molar-refractivity contribution < 1.29 is 4.74 Å². The lowest BCUT2D eigenvalue weighted by molar-refractivity contribution is 0.415. The monoisotopic (exact) mass is 263 g/mol. The van der Waals surface area contributed by atoms with Crippen LogP contribution in [-0.2, 0) is 0 Å². The lowest BCUT2D eigenvalue weighted by atomic mass is 10.1. The molecular weight excluding hydrogens is 254 g/mol. The smallest absolute Gasteiger partial charge is 0.118 e. The number of benzene rings is 1. The Morgan fingerprint density at radius 1 is 1.13 bits per heavy atom. The molecule has 76 valence electrons. The molecule has 0 radical (unpaired) electrons. The van der Waals surface area contributed by atoms with E-state index in [1.165, 1.54) is 0 Å². The molecule has 1 aromatic carbocycles. The molecule has 0 unspecified atom stereocenters. The van der Waals surface area contributed by atoms with Crippen LogP contribution in [-0.4, -0.2) is 12.1 Å². The van der Waals surface area contributed by atoms with Crippen LogP contribution in [0.5, 0.6) is 5.75 Å². The predicted molar refractivity (Wildman–Crippen MR) is 63.9 cm³/mol. The van der Waals surface area contributed by atoms with E-state index in [2.05, 4.69) is 20.9 Å². The zero-order valence-corrected chi connectivity index (χ0v) is 9.86. The topological polar surface area (TPSA) is 22.1 Å². The second kappa shape index (κ2) is 4.45. The molecule has 0 fully saturated rings. The van der Waals surface area contributed by atoms with Crippen molar-refractivity contribution in [3.63, 3.8) is 0 Å². The molecule has 0 aliphatic rings. The zero-order chi connectivity index (χ0) is 10.7. The standard InChI is InChI=1S/C12H10BrNO/c1-15-10-6-4-9(5-7-10)12-11(13)3-2-8-14-12/h2-8H,1H3. The highest BCUT2D eigenvalue weighted by Gasteiger charge is 2.03. The van der Waals surface area contributed by atoms with Gasteiger partial charge in [0.25, 0.3) is 0 Å². The Bertz CT molecular complexity index is 453. The van der Waals surface area contributed by atoms with Crippen molar-refractivity contribution in [2.45, 2.75) is 0 Å². The first-order chi connectivity index (χ1) is 7.31. The predicted octanol–water partition coefficient (Wildman–Crippen LogP) is 3.52. The van der Waals surface area contributed by atoms with Crippen LogP contribution in [0.2, 0.25) is 0 Å². The maximum Gasteiger partial charge on any atom is 0.118 e. The maximum absolute atomic E-state index is 5.10. The molecule has 0 saturated heterocycles. The Hall–Kier alpha value is -1.35. The number of aromatic nitrogens is 1. The second-order valence-electron chi connectivity index (χ2n) is 3.06. The van der Waals surface area contributed by atoms with Gasteiger partial charge < -0.3 is 4.74 Å². The van der Waals surface area contributed by atoms with Gasteiger partial charge in [-0.15, -0.1) is 0 Å². The van der Waals surface area contributed by atoms with Gasteiger partial charge in [-0.1, -0.05) is 0 Å². The summed E-state index contributed by atoms with van der Waals surface area (Å²) >= 11 is 3.47. The maximum atomic E-state index is 5.10. The molecule has 0 bridgehead atoms. The number of nitrogens with zero attached hydrogens (tertiary/aromatic N) is 1. The molecule has 2 nitrogen and oxygen atoms in total. The van der Waals surface area contributed by atoms with Crippen LogP contribution in [0.1, 0.15) is 0 Å². The Balaban J connectivity index is 2.42. The van der Waals surface area contributed by atoms with Crippen molar-refractivity contribution in [1.29, 1.82) is 0 Å². The average molecular weight is 264 g/mol. The molecule has 1 heterocycles. The Kier molecular flexibility index (Phi) is 3.02. The Morgan fingerprint density at radius 3 is 2.47 bits per heavy atom. The molecule has 0 atom stereocenters. The first-order valence-electron chi connectivity index (χ1n) is 4.56. The van der Waals surface area contributed by atoms with Crippen molar-refractivity contribution in [2.75, 3.05) is 7.11 Å². The molecule has 0 aliphatic carbocycles. The van der Waals surface area contributed by atoms with Gasteiger partial charge in [-0.3, -0.25) is 4.98 Å². The summed E-state index contributed by atoms with van der Waals surface area (Å²) in [5.41, 5.74) is 2.02. The van der Waals surface area contributed by atoms with Crippen LogP contribution in [0.15, 0.2) is 47.1 Å². The Morgan fingerprint density at radius 2 is 1.87 bits per heavy atom. The fraction of sp³-hybridized carbons (Fsp3) is 0.0833. The van der Waals surface area contributed by atoms with Crippen molar-refractivity contribution in [2.24, 2.45) is 0 Å². The summed E-state index contributed by atoms with van der Waals surface area (Å²) in [4.78, 5) is 4.32. The van der Waals surface area contributed by atoms with Gasteiger partial charge in [0.15, 0.2) is 0 Å². The lowest BCUT2D eigenvalue weighted by Gasteiger charge is -2.04. The van der Waals surface area contributed by atoms with Crippen LogP contribution < -0.4 is 4.74 Å². The largest absolute Gasteiger partial charge is 0.497 e. The number of halogens is 1. The van der Waals surface area contributed by atoms with E-state index < -0.39 is 0 Å². The molecule has 2 rings (SSSR count). The minimum atomic E-state index is 0.853. The second-order valence-corrected chi connectivity index (χ2v) is 3.92. The molecule has 0 amide bonds. The third kappa shape index (κ3) is 2.18. The lowest BCUT2D eigenvalue weighted by Crippen LogP contribution is -1.85. The number of rotatable bonds is 2. The van der Waals surface area contributed by atoms with E-state index in [0.29, 0.717) is 0 Å². The molecule has 15 heavy (non-hydrogen) atoms. The highest BCUT2D eigenvalue weighted by Crippen LogP contribution is 2.26. The highest BCUT2D eigenvalue weighted by atomic mass is 79.9. The minimum absolute atomic E-state index is 0.853. The van der Waals surface area contributed by atoms with Crippen molar-refractivity contribution in [3.8, 4) is 17.0 Å². The van der Waals surface area contributed by atoms with Gasteiger partial charge in [0.2, 0.25) is 0 Å². The van der Waals surface area contributed by atoms with Crippen LogP contribution in [0.3, 0.4) is 0 Å². The number of hydrogen-bond acceptors (Lipinski definition) is 2. The summed E-state index contributed by atoms with van der Waals surface area (Å²) in [7, 11) is 1.66. The summed E-state index contributed by atoms with van der Waals surface area (Å²) in [5, 5.41) is 0. The number of methoxy groups -OCH3 is 1. The summed E-state index contributed by atoms with van der Waals surface area (Å²) in [5.74, 6) is 0.853. The van der Waals surface area contributed by atoms with Crippen molar-refractivity contribution in [1.82, 2.24) is 4.98 Å². The first-order valence-corrected chi connectivity index (χ1v) is 5.35. The SMILES string of the molecule is COc1ccc(-c2ncccc2Br)cc1. The zero-order valence-electron chi connectivity index (χ0n) is 8.27. The van der Waals surface area contributed by atoms with Gasteiger partial charge >= 0.3 is 0 Å². The molecule has 1 aromatic heterocycles. The summed E-state index contributed by atoms with van der Waals surface area (Å²) in [6, 6.07) is 11.7.